The predicted molar refractivity (Wildman–Crippen MR) is 145 cm³/mol. The first-order chi connectivity index (χ1) is 19.7. The fourth-order valence-corrected chi connectivity index (χ4v) is 5.96. The van der Waals surface area contributed by atoms with Crippen LogP contribution in [-0.2, 0) is 37.0 Å². The van der Waals surface area contributed by atoms with E-state index in [1.807, 2.05) is 0 Å². The zero-order chi connectivity index (χ0) is 29.0. The second kappa shape index (κ2) is 12.5. The third kappa shape index (κ3) is 6.93. The maximum Gasteiger partial charge on any atom is 0.252 e. The lowest BCUT2D eigenvalue weighted by atomic mass is 9.78. The number of amides is 1. The van der Waals surface area contributed by atoms with Crippen LogP contribution in [0.25, 0.3) is 0 Å². The molecule has 1 amide bonds. The molecule has 2 saturated heterocycles. The van der Waals surface area contributed by atoms with Crippen LogP contribution in [0.4, 0.5) is 8.78 Å². The van der Waals surface area contributed by atoms with Crippen molar-refractivity contribution in [2.24, 2.45) is 0 Å². The zero-order valence-corrected chi connectivity index (χ0v) is 23.5. The van der Waals surface area contributed by atoms with Gasteiger partial charge < -0.3 is 29.2 Å². The number of carbonyl (C=O) groups excluding carboxylic acids is 1. The molecule has 0 aromatic heterocycles. The summed E-state index contributed by atoms with van der Waals surface area (Å²) in [5.74, 6) is -2.63. The van der Waals surface area contributed by atoms with Crippen LogP contribution in [0, 0.1) is 23.0 Å². The minimum Gasteiger partial charge on any atom is -0.370 e. The summed E-state index contributed by atoms with van der Waals surface area (Å²) in [6.45, 7) is 6.58. The molecule has 2 aliphatic heterocycles. The number of rotatable bonds is 10. The van der Waals surface area contributed by atoms with E-state index in [4.69, 9.17) is 24.2 Å². The second-order valence-electron chi connectivity index (χ2n) is 11.5. The molecule has 4 atom stereocenters. The molecule has 0 radical (unpaired) electrons. The van der Waals surface area contributed by atoms with Crippen molar-refractivity contribution in [3.8, 4) is 6.07 Å². The van der Waals surface area contributed by atoms with E-state index in [0.717, 1.165) is 38.0 Å². The molecule has 3 fully saturated rings. The molecule has 0 spiro atoms. The van der Waals surface area contributed by atoms with E-state index in [0.29, 0.717) is 12.1 Å². The lowest BCUT2D eigenvalue weighted by molar-refractivity contribution is -0.183. The molecule has 3 aliphatic rings. The van der Waals surface area contributed by atoms with Crippen molar-refractivity contribution in [1.29, 1.82) is 5.26 Å². The Morgan fingerprint density at radius 2 is 1.78 bits per heavy atom. The van der Waals surface area contributed by atoms with Crippen molar-refractivity contribution in [3.05, 3.63) is 70.8 Å². The van der Waals surface area contributed by atoms with E-state index in [-0.39, 0.29) is 37.5 Å². The number of nitriles is 1. The highest BCUT2D eigenvalue weighted by Crippen LogP contribution is 2.44. The SMILES string of the molecule is CC1(C)O[C@@H]2C[C@@](OCc3ccc(C#N)cc3)(C(=O)NCCN3CCCC3)CC(OCc3c(F)cccc3F)[C@@H]2O1. The molecule has 220 valence electrons. The summed E-state index contributed by atoms with van der Waals surface area (Å²) in [6, 6.07) is 12.7. The second-order valence-corrected chi connectivity index (χ2v) is 11.5. The van der Waals surface area contributed by atoms with Crippen molar-refractivity contribution in [1.82, 2.24) is 10.2 Å². The van der Waals surface area contributed by atoms with Gasteiger partial charge in [0.1, 0.15) is 17.7 Å². The first-order valence-electron chi connectivity index (χ1n) is 14.2. The lowest BCUT2D eigenvalue weighted by Gasteiger charge is -2.43. The molecule has 41 heavy (non-hydrogen) atoms. The molecular weight excluding hydrogens is 532 g/mol. The van der Waals surface area contributed by atoms with Gasteiger partial charge in [0.2, 0.25) is 0 Å². The number of nitrogens with one attached hydrogen (secondary N) is 1. The van der Waals surface area contributed by atoms with E-state index in [2.05, 4.69) is 16.3 Å². The quantitative estimate of drug-likeness (QED) is 0.459. The van der Waals surface area contributed by atoms with Gasteiger partial charge in [0.25, 0.3) is 5.91 Å². The Morgan fingerprint density at radius 3 is 2.46 bits per heavy atom. The number of benzene rings is 2. The first kappa shape index (κ1) is 29.5. The summed E-state index contributed by atoms with van der Waals surface area (Å²) in [4.78, 5) is 16.2. The number of ether oxygens (including phenoxy) is 4. The van der Waals surface area contributed by atoms with Gasteiger partial charge in [-0.25, -0.2) is 8.78 Å². The molecule has 2 aromatic rings. The van der Waals surface area contributed by atoms with Gasteiger partial charge in [0, 0.05) is 31.5 Å². The van der Waals surface area contributed by atoms with Crippen molar-refractivity contribution in [2.45, 2.75) is 82.4 Å². The highest BCUT2D eigenvalue weighted by Gasteiger charge is 2.58. The van der Waals surface area contributed by atoms with Gasteiger partial charge in [-0.2, -0.15) is 5.26 Å². The topological polar surface area (TPSA) is 93.0 Å². The molecule has 10 heteroatoms. The number of likely N-dealkylation sites (tertiary alicyclic amines) is 1. The van der Waals surface area contributed by atoms with Crippen molar-refractivity contribution in [3.63, 3.8) is 0 Å². The van der Waals surface area contributed by atoms with Gasteiger partial charge in [0.05, 0.1) is 37.1 Å². The average Bonchev–Trinajstić information content (AvgIpc) is 3.58. The molecule has 1 N–H and O–H groups in total. The van der Waals surface area contributed by atoms with Gasteiger partial charge in [-0.15, -0.1) is 0 Å². The third-order valence-corrected chi connectivity index (χ3v) is 8.08. The summed E-state index contributed by atoms with van der Waals surface area (Å²) in [6.07, 6.45) is 0.812. The molecule has 2 heterocycles. The number of hydrogen-bond acceptors (Lipinski definition) is 7. The van der Waals surface area contributed by atoms with E-state index in [1.54, 1.807) is 38.1 Å². The van der Waals surface area contributed by atoms with E-state index < -0.39 is 41.3 Å². The molecule has 0 bridgehead atoms. The molecule has 8 nitrogen and oxygen atoms in total. The normalized spacial score (nSPS) is 27.3. The standard InChI is InChI=1S/C31H37F2N3O5/c1-30(2)40-27-17-31(29(37)35-12-15-36-13-3-4-14-36,39-19-22-10-8-21(18-34)9-11-22)16-26(28(27)41-30)38-20-23-24(32)6-5-7-25(23)33/h5-11,26-28H,3-4,12-17,19-20H2,1-2H3,(H,35,37)/t26?,27-,28+,31-/m1/s1. The van der Waals surface area contributed by atoms with Gasteiger partial charge in [-0.1, -0.05) is 18.2 Å². The summed E-state index contributed by atoms with van der Waals surface area (Å²) < 4.78 is 53.8. The highest BCUT2D eigenvalue weighted by molar-refractivity contribution is 5.85. The Kier molecular flexibility index (Phi) is 9.02. The first-order valence-corrected chi connectivity index (χ1v) is 14.2. The third-order valence-electron chi connectivity index (χ3n) is 8.08. The predicted octanol–water partition coefficient (Wildman–Crippen LogP) is 4.20. The molecule has 1 aliphatic carbocycles. The van der Waals surface area contributed by atoms with Gasteiger partial charge in [0.15, 0.2) is 11.4 Å². The van der Waals surface area contributed by atoms with Crippen LogP contribution in [0.15, 0.2) is 42.5 Å². The Bertz CT molecular complexity index is 1240. The van der Waals surface area contributed by atoms with Crippen LogP contribution in [-0.4, -0.2) is 66.7 Å². The number of nitrogens with zero attached hydrogens (tertiary/aromatic N) is 2. The Balaban J connectivity index is 1.38. The summed E-state index contributed by atoms with van der Waals surface area (Å²) in [5, 5.41) is 12.2. The van der Waals surface area contributed by atoms with Crippen LogP contribution in [0.5, 0.6) is 0 Å². The number of fused-ring (bicyclic) bond motifs is 1. The fraction of sp³-hybridized carbons (Fsp3) is 0.548. The maximum atomic E-state index is 14.4. The molecular formula is C31H37F2N3O5. The van der Waals surface area contributed by atoms with Crippen molar-refractivity contribution >= 4 is 5.91 Å². The van der Waals surface area contributed by atoms with E-state index in [9.17, 15) is 13.6 Å². The summed E-state index contributed by atoms with van der Waals surface area (Å²) in [7, 11) is 0. The maximum absolute atomic E-state index is 14.4. The number of halogens is 2. The van der Waals surface area contributed by atoms with Crippen LogP contribution < -0.4 is 5.32 Å². The van der Waals surface area contributed by atoms with Crippen LogP contribution in [0.1, 0.15) is 56.2 Å². The molecule has 1 unspecified atom stereocenters. The largest absolute Gasteiger partial charge is 0.370 e. The molecule has 5 rings (SSSR count). The van der Waals surface area contributed by atoms with Crippen LogP contribution >= 0.6 is 0 Å². The van der Waals surface area contributed by atoms with E-state index >= 15 is 0 Å². The van der Waals surface area contributed by atoms with Crippen LogP contribution in [0.3, 0.4) is 0 Å². The summed E-state index contributed by atoms with van der Waals surface area (Å²) in [5.41, 5.74) is -0.212. The number of carbonyl (C=O) groups is 1. The minimum atomic E-state index is -1.34. The molecule has 2 aromatic carbocycles. The monoisotopic (exact) mass is 569 g/mol. The molecule has 1 saturated carbocycles. The van der Waals surface area contributed by atoms with Gasteiger partial charge in [-0.3, -0.25) is 4.79 Å². The lowest BCUT2D eigenvalue weighted by Crippen LogP contribution is -2.60. The average molecular weight is 570 g/mol. The minimum absolute atomic E-state index is 0.107. The number of hydrogen-bond donors (Lipinski definition) is 1. The highest BCUT2D eigenvalue weighted by atomic mass is 19.1. The zero-order valence-electron chi connectivity index (χ0n) is 23.5. The fourth-order valence-electron chi connectivity index (χ4n) is 5.96. The Hall–Kier alpha value is -2.94. The summed E-state index contributed by atoms with van der Waals surface area (Å²) >= 11 is 0. The van der Waals surface area contributed by atoms with Crippen molar-refractivity contribution < 1.29 is 32.5 Å². The van der Waals surface area contributed by atoms with Gasteiger partial charge in [-0.05, 0) is 69.6 Å². The van der Waals surface area contributed by atoms with Crippen molar-refractivity contribution in [2.75, 3.05) is 26.2 Å². The van der Waals surface area contributed by atoms with E-state index in [1.165, 1.54) is 18.2 Å². The Morgan fingerprint density at radius 1 is 1.07 bits per heavy atom. The Labute approximate surface area is 239 Å². The van der Waals surface area contributed by atoms with Crippen LogP contribution in [0.2, 0.25) is 0 Å². The van der Waals surface area contributed by atoms with Gasteiger partial charge >= 0.3 is 0 Å². The smallest absolute Gasteiger partial charge is 0.252 e.